The Morgan fingerprint density at radius 1 is 1.38 bits per heavy atom. The Labute approximate surface area is 131 Å². The molecule has 0 saturated heterocycles. The van der Waals surface area contributed by atoms with Gasteiger partial charge in [0.05, 0.1) is 23.3 Å². The zero-order valence-electron chi connectivity index (χ0n) is 11.2. The summed E-state index contributed by atoms with van der Waals surface area (Å²) < 4.78 is 10.1. The summed E-state index contributed by atoms with van der Waals surface area (Å²) in [6.45, 7) is 1.72. The number of aliphatic hydroxyl groups is 1. The van der Waals surface area contributed by atoms with E-state index in [2.05, 4.69) is 5.16 Å². The van der Waals surface area contributed by atoms with Crippen LogP contribution in [0.5, 0.6) is 0 Å². The highest BCUT2D eigenvalue weighted by Gasteiger charge is 2.27. The minimum Gasteiger partial charge on any atom is -0.462 e. The summed E-state index contributed by atoms with van der Waals surface area (Å²) in [6.07, 6.45) is 0.142. The molecule has 7 heteroatoms. The topological polar surface area (TPSA) is 72.6 Å². The van der Waals surface area contributed by atoms with Crippen molar-refractivity contribution in [3.05, 3.63) is 39.6 Å². The first-order chi connectivity index (χ1) is 10.1. The predicted octanol–water partition coefficient (Wildman–Crippen LogP) is 3.36. The molecule has 0 saturated carbocycles. The molecule has 0 aliphatic rings. The first-order valence-corrected chi connectivity index (χ1v) is 7.06. The summed E-state index contributed by atoms with van der Waals surface area (Å²) in [5, 5.41) is 13.6. The Bertz CT molecular complexity index is 634. The van der Waals surface area contributed by atoms with E-state index in [1.165, 1.54) is 0 Å². The summed E-state index contributed by atoms with van der Waals surface area (Å²) in [5.41, 5.74) is 0.755. The van der Waals surface area contributed by atoms with Gasteiger partial charge in [0.15, 0.2) is 5.76 Å². The van der Waals surface area contributed by atoms with Gasteiger partial charge in [-0.05, 0) is 19.1 Å². The summed E-state index contributed by atoms with van der Waals surface area (Å²) in [6, 6.07) is 4.96. The first kappa shape index (κ1) is 15.8. The van der Waals surface area contributed by atoms with E-state index < -0.39 is 5.97 Å². The number of carbonyl (C=O) groups excluding carboxylic acids is 1. The summed E-state index contributed by atoms with van der Waals surface area (Å²) in [4.78, 5) is 12.1. The molecule has 1 heterocycles. The van der Waals surface area contributed by atoms with Crippen LogP contribution >= 0.6 is 23.2 Å². The van der Waals surface area contributed by atoms with Crippen LogP contribution in [0.3, 0.4) is 0 Å². The van der Waals surface area contributed by atoms with Crippen molar-refractivity contribution in [1.29, 1.82) is 0 Å². The lowest BCUT2D eigenvalue weighted by Crippen LogP contribution is -2.09. The number of aliphatic hydroxyl groups excluding tert-OH is 1. The molecule has 0 aliphatic heterocycles. The maximum Gasteiger partial charge on any atom is 0.344 e. The van der Waals surface area contributed by atoms with Gasteiger partial charge in [-0.2, -0.15) is 0 Å². The van der Waals surface area contributed by atoms with Crippen LogP contribution in [0.25, 0.3) is 11.3 Å². The van der Waals surface area contributed by atoms with Crippen molar-refractivity contribution in [1.82, 2.24) is 5.16 Å². The molecule has 1 N–H and O–H groups in total. The van der Waals surface area contributed by atoms with Crippen molar-refractivity contribution in [3.8, 4) is 11.3 Å². The molecular weight excluding hydrogens is 317 g/mol. The van der Waals surface area contributed by atoms with Gasteiger partial charge in [-0.15, -0.1) is 0 Å². The van der Waals surface area contributed by atoms with Crippen LogP contribution in [-0.2, 0) is 11.2 Å². The second kappa shape index (κ2) is 6.93. The van der Waals surface area contributed by atoms with E-state index in [4.69, 9.17) is 37.6 Å². The number of rotatable bonds is 5. The third kappa shape index (κ3) is 3.20. The van der Waals surface area contributed by atoms with Gasteiger partial charge in [0.2, 0.25) is 0 Å². The van der Waals surface area contributed by atoms with E-state index in [-0.39, 0.29) is 36.7 Å². The Hall–Kier alpha value is -1.56. The summed E-state index contributed by atoms with van der Waals surface area (Å²) >= 11 is 12.3. The fourth-order valence-electron chi connectivity index (χ4n) is 1.90. The normalized spacial score (nSPS) is 10.7. The zero-order valence-corrected chi connectivity index (χ0v) is 12.7. The molecule has 1 aromatic heterocycles. The lowest BCUT2D eigenvalue weighted by atomic mass is 10.0. The van der Waals surface area contributed by atoms with Gasteiger partial charge >= 0.3 is 5.97 Å². The molecule has 0 fully saturated rings. The van der Waals surface area contributed by atoms with Crippen molar-refractivity contribution < 1.29 is 19.2 Å². The maximum atomic E-state index is 12.1. The molecule has 0 radical (unpaired) electrons. The fourth-order valence-corrected chi connectivity index (χ4v) is 2.48. The highest BCUT2D eigenvalue weighted by atomic mass is 35.5. The second-order valence-electron chi connectivity index (χ2n) is 4.12. The van der Waals surface area contributed by atoms with Crippen LogP contribution in [0.2, 0.25) is 10.0 Å². The second-order valence-corrected chi connectivity index (χ2v) is 4.93. The SMILES string of the molecule is CCOC(=O)c1c(-c2c(Cl)cccc2Cl)noc1CCO. The van der Waals surface area contributed by atoms with Crippen molar-refractivity contribution in [2.24, 2.45) is 0 Å². The Kier molecular flexibility index (Phi) is 5.22. The number of aromatic nitrogens is 1. The number of ether oxygens (including phenoxy) is 1. The molecule has 0 aliphatic carbocycles. The number of hydrogen-bond donors (Lipinski definition) is 1. The maximum absolute atomic E-state index is 12.1. The molecule has 2 aromatic rings. The standard InChI is InChI=1S/C14H13Cl2NO4/c1-2-20-14(19)12-10(6-7-18)21-17-13(12)11-8(15)4-3-5-9(11)16/h3-5,18H,2,6-7H2,1H3. The minimum absolute atomic E-state index is 0.140. The number of hydrogen-bond acceptors (Lipinski definition) is 5. The van der Waals surface area contributed by atoms with Crippen LogP contribution < -0.4 is 0 Å². The molecule has 0 atom stereocenters. The average Bonchev–Trinajstić information content (AvgIpc) is 2.83. The van der Waals surface area contributed by atoms with E-state index in [0.29, 0.717) is 15.6 Å². The predicted molar refractivity (Wildman–Crippen MR) is 78.7 cm³/mol. The van der Waals surface area contributed by atoms with Crippen LogP contribution in [-0.4, -0.2) is 29.4 Å². The van der Waals surface area contributed by atoms with Crippen molar-refractivity contribution in [3.63, 3.8) is 0 Å². The molecule has 0 unspecified atom stereocenters. The van der Waals surface area contributed by atoms with Gasteiger partial charge in [0, 0.05) is 12.0 Å². The van der Waals surface area contributed by atoms with Crippen molar-refractivity contribution in [2.75, 3.05) is 13.2 Å². The number of halogens is 2. The molecule has 1 aromatic carbocycles. The quantitative estimate of drug-likeness (QED) is 0.851. The molecule has 0 amide bonds. The Morgan fingerprint density at radius 2 is 2.05 bits per heavy atom. The zero-order chi connectivity index (χ0) is 15.4. The lowest BCUT2D eigenvalue weighted by Gasteiger charge is -2.06. The Balaban J connectivity index is 2.61. The molecule has 21 heavy (non-hydrogen) atoms. The van der Waals surface area contributed by atoms with Crippen LogP contribution in [0.4, 0.5) is 0 Å². The third-order valence-electron chi connectivity index (χ3n) is 2.78. The summed E-state index contributed by atoms with van der Waals surface area (Å²) in [7, 11) is 0. The third-order valence-corrected chi connectivity index (χ3v) is 3.41. The van der Waals surface area contributed by atoms with E-state index >= 15 is 0 Å². The molecule has 0 bridgehead atoms. The van der Waals surface area contributed by atoms with Gasteiger partial charge in [0.1, 0.15) is 11.3 Å². The Morgan fingerprint density at radius 3 is 2.62 bits per heavy atom. The van der Waals surface area contributed by atoms with Gasteiger partial charge in [-0.3, -0.25) is 0 Å². The van der Waals surface area contributed by atoms with Gasteiger partial charge in [-0.1, -0.05) is 34.4 Å². The highest BCUT2D eigenvalue weighted by molar-refractivity contribution is 6.39. The van der Waals surface area contributed by atoms with Crippen LogP contribution in [0.15, 0.2) is 22.7 Å². The van der Waals surface area contributed by atoms with Gasteiger partial charge in [-0.25, -0.2) is 4.79 Å². The molecular formula is C14H13Cl2NO4. The lowest BCUT2D eigenvalue weighted by molar-refractivity contribution is 0.0524. The van der Waals surface area contributed by atoms with Gasteiger partial charge in [0.25, 0.3) is 0 Å². The molecule has 112 valence electrons. The molecule has 2 rings (SSSR count). The smallest absolute Gasteiger partial charge is 0.344 e. The number of carbonyl (C=O) groups is 1. The fraction of sp³-hybridized carbons (Fsp3) is 0.286. The minimum atomic E-state index is -0.590. The number of esters is 1. The largest absolute Gasteiger partial charge is 0.462 e. The van der Waals surface area contributed by atoms with E-state index in [9.17, 15) is 4.79 Å². The van der Waals surface area contributed by atoms with Crippen molar-refractivity contribution >= 4 is 29.2 Å². The van der Waals surface area contributed by atoms with Gasteiger partial charge < -0.3 is 14.4 Å². The molecule has 5 nitrogen and oxygen atoms in total. The molecule has 0 spiro atoms. The van der Waals surface area contributed by atoms with Crippen LogP contribution in [0, 0.1) is 0 Å². The number of benzene rings is 1. The average molecular weight is 330 g/mol. The van der Waals surface area contributed by atoms with E-state index in [1.54, 1.807) is 25.1 Å². The van der Waals surface area contributed by atoms with Crippen LogP contribution in [0.1, 0.15) is 23.0 Å². The highest BCUT2D eigenvalue weighted by Crippen LogP contribution is 2.37. The summed E-state index contributed by atoms with van der Waals surface area (Å²) in [5.74, 6) is -0.352. The van der Waals surface area contributed by atoms with E-state index in [1.807, 2.05) is 0 Å². The van der Waals surface area contributed by atoms with E-state index in [0.717, 1.165) is 0 Å². The van der Waals surface area contributed by atoms with Crippen molar-refractivity contribution in [2.45, 2.75) is 13.3 Å². The first-order valence-electron chi connectivity index (χ1n) is 6.31. The number of nitrogens with zero attached hydrogens (tertiary/aromatic N) is 1. The monoisotopic (exact) mass is 329 g/mol.